The van der Waals surface area contributed by atoms with E-state index in [4.69, 9.17) is 4.74 Å². The fourth-order valence-electron chi connectivity index (χ4n) is 4.84. The predicted octanol–water partition coefficient (Wildman–Crippen LogP) is 3.59. The number of rotatable bonds is 6. The van der Waals surface area contributed by atoms with Crippen LogP contribution >= 0.6 is 0 Å². The lowest BCUT2D eigenvalue weighted by Crippen LogP contribution is -2.51. The molecule has 0 spiro atoms. The van der Waals surface area contributed by atoms with Crippen molar-refractivity contribution in [3.63, 3.8) is 0 Å². The van der Waals surface area contributed by atoms with E-state index in [9.17, 15) is 14.4 Å². The molecule has 9 heteroatoms. The van der Waals surface area contributed by atoms with E-state index in [1.807, 2.05) is 24.0 Å². The number of nitrogens with zero attached hydrogens (tertiary/aromatic N) is 3. The average molecular weight is 482 g/mol. The number of urea groups is 1. The third-order valence-corrected chi connectivity index (χ3v) is 6.93. The van der Waals surface area contributed by atoms with E-state index in [0.29, 0.717) is 42.6 Å². The Balaban J connectivity index is 1.28. The molecule has 0 unspecified atom stereocenters. The van der Waals surface area contributed by atoms with Crippen LogP contribution in [0.5, 0.6) is 0 Å². The lowest BCUT2D eigenvalue weighted by molar-refractivity contribution is 0.0525. The molecule has 0 bridgehead atoms. The van der Waals surface area contributed by atoms with E-state index in [2.05, 4.69) is 15.7 Å². The van der Waals surface area contributed by atoms with Gasteiger partial charge in [0.05, 0.1) is 24.2 Å². The van der Waals surface area contributed by atoms with Gasteiger partial charge in [0.15, 0.2) is 0 Å². The van der Waals surface area contributed by atoms with Gasteiger partial charge in [0.25, 0.3) is 5.91 Å². The van der Waals surface area contributed by atoms with Crippen molar-refractivity contribution >= 4 is 17.9 Å². The predicted molar refractivity (Wildman–Crippen MR) is 132 cm³/mol. The molecule has 1 aromatic carbocycles. The molecule has 1 aromatic heterocycles. The molecule has 2 aliphatic rings. The molecule has 2 heterocycles. The molecule has 188 valence electrons. The van der Waals surface area contributed by atoms with E-state index in [0.717, 1.165) is 31.4 Å². The first-order chi connectivity index (χ1) is 17.0. The number of piperidine rings is 1. The number of aromatic nitrogens is 2. The number of ether oxygens (including phenoxy) is 1. The molecule has 3 amide bonds. The number of hydrogen-bond donors (Lipinski definition) is 2. The molecular formula is C26H35N5O4. The van der Waals surface area contributed by atoms with Crippen molar-refractivity contribution in [1.82, 2.24) is 25.3 Å². The first-order valence-electron chi connectivity index (χ1n) is 12.6. The van der Waals surface area contributed by atoms with Gasteiger partial charge in [-0.2, -0.15) is 5.10 Å². The van der Waals surface area contributed by atoms with Gasteiger partial charge in [0, 0.05) is 30.7 Å². The standard InChI is InChI=1S/C26H35N5O4/c1-3-35-25(33)23-17-27-31(18(23)2)22-11-9-19(10-12-22)24(32)28-21-13-15-30(16-14-21)26(34)29-20-7-5-4-6-8-20/h9-12,17,20-21H,3-8,13-16H2,1-2H3,(H,28,32)(H,29,34). The molecule has 0 atom stereocenters. The van der Waals surface area contributed by atoms with Gasteiger partial charge in [-0.25, -0.2) is 14.3 Å². The Kier molecular flexibility index (Phi) is 8.05. The zero-order valence-electron chi connectivity index (χ0n) is 20.6. The SMILES string of the molecule is CCOC(=O)c1cnn(-c2ccc(C(=O)NC3CCN(C(=O)NC4CCCCC4)CC3)cc2)c1C. The third kappa shape index (κ3) is 6.01. The van der Waals surface area contributed by atoms with Gasteiger partial charge in [0.1, 0.15) is 5.56 Å². The minimum absolute atomic E-state index is 0.0253. The first kappa shape index (κ1) is 24.8. The first-order valence-corrected chi connectivity index (χ1v) is 12.6. The van der Waals surface area contributed by atoms with Gasteiger partial charge in [0.2, 0.25) is 0 Å². The summed E-state index contributed by atoms with van der Waals surface area (Å²) in [6, 6.07) is 7.49. The smallest absolute Gasteiger partial charge is 0.341 e. The van der Waals surface area contributed by atoms with E-state index in [-0.39, 0.29) is 18.0 Å². The van der Waals surface area contributed by atoms with Crippen molar-refractivity contribution in [2.24, 2.45) is 0 Å². The Morgan fingerprint density at radius 1 is 0.971 bits per heavy atom. The normalized spacial score (nSPS) is 17.1. The number of esters is 1. The second kappa shape index (κ2) is 11.4. The average Bonchev–Trinajstić information content (AvgIpc) is 3.26. The highest BCUT2D eigenvalue weighted by atomic mass is 16.5. The van der Waals surface area contributed by atoms with Crippen LogP contribution in [0.3, 0.4) is 0 Å². The monoisotopic (exact) mass is 481 g/mol. The Labute approximate surface area is 206 Å². The quantitative estimate of drug-likeness (QED) is 0.614. The fraction of sp³-hybridized carbons (Fsp3) is 0.538. The molecule has 2 N–H and O–H groups in total. The fourth-order valence-corrected chi connectivity index (χ4v) is 4.84. The highest BCUT2D eigenvalue weighted by molar-refractivity contribution is 5.94. The molecule has 1 aliphatic carbocycles. The maximum absolute atomic E-state index is 12.8. The van der Waals surface area contributed by atoms with Gasteiger partial charge in [-0.1, -0.05) is 19.3 Å². The summed E-state index contributed by atoms with van der Waals surface area (Å²) in [4.78, 5) is 39.2. The molecule has 1 aliphatic heterocycles. The molecule has 35 heavy (non-hydrogen) atoms. The van der Waals surface area contributed by atoms with Crippen LogP contribution in [-0.4, -0.2) is 64.4 Å². The highest BCUT2D eigenvalue weighted by Crippen LogP contribution is 2.19. The van der Waals surface area contributed by atoms with Crippen LogP contribution < -0.4 is 10.6 Å². The number of likely N-dealkylation sites (tertiary alicyclic amines) is 1. The van der Waals surface area contributed by atoms with Crippen molar-refractivity contribution in [3.05, 3.63) is 47.3 Å². The maximum Gasteiger partial charge on any atom is 0.341 e. The number of amides is 3. The number of carbonyl (C=O) groups excluding carboxylic acids is 3. The molecule has 2 fully saturated rings. The van der Waals surface area contributed by atoms with Crippen LogP contribution in [0.1, 0.15) is 78.3 Å². The van der Waals surface area contributed by atoms with E-state index in [1.54, 1.807) is 23.7 Å². The Morgan fingerprint density at radius 2 is 1.63 bits per heavy atom. The van der Waals surface area contributed by atoms with E-state index >= 15 is 0 Å². The van der Waals surface area contributed by atoms with Gasteiger partial charge in [-0.3, -0.25) is 4.79 Å². The summed E-state index contributed by atoms with van der Waals surface area (Å²) in [5.41, 5.74) is 2.42. The zero-order chi connectivity index (χ0) is 24.8. The van der Waals surface area contributed by atoms with Crippen molar-refractivity contribution < 1.29 is 19.1 Å². The summed E-state index contributed by atoms with van der Waals surface area (Å²) in [6.45, 7) is 5.16. The lowest BCUT2D eigenvalue weighted by atomic mass is 9.95. The Hall–Kier alpha value is -3.36. The second-order valence-corrected chi connectivity index (χ2v) is 9.34. The van der Waals surface area contributed by atoms with Gasteiger partial charge >= 0.3 is 12.0 Å². The second-order valence-electron chi connectivity index (χ2n) is 9.34. The van der Waals surface area contributed by atoms with Crippen molar-refractivity contribution in [2.75, 3.05) is 19.7 Å². The molecule has 1 saturated carbocycles. The van der Waals surface area contributed by atoms with Crippen LogP contribution in [-0.2, 0) is 4.74 Å². The molecule has 9 nitrogen and oxygen atoms in total. The molecule has 1 saturated heterocycles. The van der Waals surface area contributed by atoms with Crippen molar-refractivity contribution in [1.29, 1.82) is 0 Å². The third-order valence-electron chi connectivity index (χ3n) is 6.93. The van der Waals surface area contributed by atoms with Crippen molar-refractivity contribution in [2.45, 2.75) is 70.9 Å². The summed E-state index contributed by atoms with van der Waals surface area (Å²) >= 11 is 0. The molecule has 2 aromatic rings. The maximum atomic E-state index is 12.8. The number of carbonyl (C=O) groups is 3. The largest absolute Gasteiger partial charge is 0.462 e. The Morgan fingerprint density at radius 3 is 2.29 bits per heavy atom. The molecular weight excluding hydrogens is 446 g/mol. The molecule has 0 radical (unpaired) electrons. The lowest BCUT2D eigenvalue weighted by Gasteiger charge is -2.34. The zero-order valence-corrected chi connectivity index (χ0v) is 20.6. The minimum atomic E-state index is -0.398. The van der Waals surface area contributed by atoms with Gasteiger partial charge in [-0.15, -0.1) is 0 Å². The van der Waals surface area contributed by atoms with Gasteiger partial charge in [-0.05, 0) is 63.8 Å². The summed E-state index contributed by atoms with van der Waals surface area (Å²) in [6.07, 6.45) is 8.77. The summed E-state index contributed by atoms with van der Waals surface area (Å²) in [7, 11) is 0. The summed E-state index contributed by atoms with van der Waals surface area (Å²) < 4.78 is 6.72. The van der Waals surface area contributed by atoms with Crippen LogP contribution in [0.25, 0.3) is 5.69 Å². The number of nitrogens with one attached hydrogen (secondary N) is 2. The van der Waals surface area contributed by atoms with Crippen LogP contribution in [0, 0.1) is 6.92 Å². The van der Waals surface area contributed by atoms with Crippen molar-refractivity contribution in [3.8, 4) is 5.69 Å². The van der Waals surface area contributed by atoms with Crippen LogP contribution in [0.15, 0.2) is 30.5 Å². The minimum Gasteiger partial charge on any atom is -0.462 e. The van der Waals surface area contributed by atoms with Crippen LogP contribution in [0.4, 0.5) is 4.79 Å². The number of benzene rings is 1. The topological polar surface area (TPSA) is 106 Å². The highest BCUT2D eigenvalue weighted by Gasteiger charge is 2.26. The Bertz CT molecular complexity index is 1030. The summed E-state index contributed by atoms with van der Waals surface area (Å²) in [5, 5.41) is 10.6. The van der Waals surface area contributed by atoms with E-state index < -0.39 is 5.97 Å². The summed E-state index contributed by atoms with van der Waals surface area (Å²) in [5.74, 6) is -0.532. The van der Waals surface area contributed by atoms with Crippen LogP contribution in [0.2, 0.25) is 0 Å². The number of hydrogen-bond acceptors (Lipinski definition) is 5. The molecule has 4 rings (SSSR count). The van der Waals surface area contributed by atoms with Gasteiger partial charge < -0.3 is 20.3 Å². The van der Waals surface area contributed by atoms with E-state index in [1.165, 1.54) is 25.5 Å².